The Morgan fingerprint density at radius 1 is 1.30 bits per heavy atom. The minimum Gasteiger partial charge on any atom is -0.265 e. The van der Waals surface area contributed by atoms with Crippen LogP contribution in [0, 0.1) is 6.20 Å². The molecule has 0 bridgehead atoms. The Kier molecular flexibility index (Phi) is 0.970. The molecule has 0 atom stereocenters. The third kappa shape index (κ3) is 0.661. The molecule has 0 saturated carbocycles. The van der Waals surface area contributed by atoms with E-state index in [0.717, 1.165) is 0 Å². The summed E-state index contributed by atoms with van der Waals surface area (Å²) in [6.45, 7) is 0. The summed E-state index contributed by atoms with van der Waals surface area (Å²) in [6, 6.07) is 0. The van der Waals surface area contributed by atoms with Crippen molar-refractivity contribution in [3.8, 4) is 11.4 Å². The molecule has 0 saturated heterocycles. The smallest absolute Gasteiger partial charge is 0.144 e. The zero-order valence-corrected chi connectivity index (χ0v) is 4.87. The summed E-state index contributed by atoms with van der Waals surface area (Å²) in [5.74, 6) is 0. The van der Waals surface area contributed by atoms with Crippen molar-refractivity contribution in [2.45, 2.75) is 0 Å². The Labute approximate surface area is 55.7 Å². The van der Waals surface area contributed by atoms with Crippen LogP contribution in [0.15, 0.2) is 6.20 Å². The SMILES string of the molecule is [c]1[nH]nnc1-c1c[nH]nn1. The first-order valence-electron chi connectivity index (χ1n) is 2.62. The molecule has 0 unspecified atom stereocenters. The molecule has 2 aromatic heterocycles. The van der Waals surface area contributed by atoms with Crippen molar-refractivity contribution in [2.75, 3.05) is 0 Å². The maximum absolute atomic E-state index is 3.70. The van der Waals surface area contributed by atoms with Crippen LogP contribution in [0.1, 0.15) is 0 Å². The van der Waals surface area contributed by atoms with Crippen molar-refractivity contribution < 1.29 is 0 Å². The second kappa shape index (κ2) is 1.90. The fourth-order valence-corrected chi connectivity index (χ4v) is 0.611. The van der Waals surface area contributed by atoms with Gasteiger partial charge in [0.1, 0.15) is 17.6 Å². The lowest BCUT2D eigenvalue weighted by Crippen LogP contribution is -1.76. The van der Waals surface area contributed by atoms with Crippen molar-refractivity contribution in [1.82, 2.24) is 30.8 Å². The highest BCUT2D eigenvalue weighted by Gasteiger charge is 2.01. The van der Waals surface area contributed by atoms with Gasteiger partial charge in [-0.25, -0.2) is 0 Å². The van der Waals surface area contributed by atoms with E-state index in [0.29, 0.717) is 11.4 Å². The van der Waals surface area contributed by atoms with Gasteiger partial charge in [0.05, 0.1) is 6.20 Å². The van der Waals surface area contributed by atoms with E-state index in [9.17, 15) is 0 Å². The van der Waals surface area contributed by atoms with Crippen LogP contribution < -0.4 is 0 Å². The van der Waals surface area contributed by atoms with Crippen LogP contribution in [0.25, 0.3) is 11.4 Å². The van der Waals surface area contributed by atoms with Crippen LogP contribution in [0.2, 0.25) is 0 Å². The number of H-pyrrole nitrogens is 2. The van der Waals surface area contributed by atoms with Crippen molar-refractivity contribution in [3.05, 3.63) is 12.4 Å². The Hall–Kier alpha value is -1.72. The Bertz CT molecular complexity index is 249. The van der Waals surface area contributed by atoms with Crippen LogP contribution >= 0.6 is 0 Å². The Balaban J connectivity index is 2.48. The molecule has 6 heteroatoms. The molecule has 0 fully saturated rings. The monoisotopic (exact) mass is 135 g/mol. The topological polar surface area (TPSA) is 83.1 Å². The average molecular weight is 135 g/mol. The molecular formula is C4H3N6. The van der Waals surface area contributed by atoms with E-state index in [1.165, 1.54) is 0 Å². The molecule has 49 valence electrons. The van der Waals surface area contributed by atoms with Crippen LogP contribution in [-0.2, 0) is 0 Å². The minimum atomic E-state index is 0.564. The van der Waals surface area contributed by atoms with E-state index in [1.807, 2.05) is 0 Å². The third-order valence-corrected chi connectivity index (χ3v) is 1.03. The Morgan fingerprint density at radius 3 is 2.90 bits per heavy atom. The van der Waals surface area contributed by atoms with Crippen LogP contribution in [0.3, 0.4) is 0 Å². The average Bonchev–Trinajstić information content (AvgIpc) is 2.59. The van der Waals surface area contributed by atoms with Crippen LogP contribution in [-0.4, -0.2) is 30.8 Å². The number of aromatic nitrogens is 6. The van der Waals surface area contributed by atoms with E-state index in [1.54, 1.807) is 6.20 Å². The van der Waals surface area contributed by atoms with E-state index < -0.39 is 0 Å². The third-order valence-electron chi connectivity index (χ3n) is 1.03. The molecule has 6 nitrogen and oxygen atoms in total. The maximum atomic E-state index is 3.70. The van der Waals surface area contributed by atoms with Gasteiger partial charge in [0.15, 0.2) is 0 Å². The highest BCUT2D eigenvalue weighted by Crippen LogP contribution is 2.06. The van der Waals surface area contributed by atoms with Gasteiger partial charge < -0.3 is 0 Å². The second-order valence-electron chi connectivity index (χ2n) is 1.64. The largest absolute Gasteiger partial charge is 0.265 e. The van der Waals surface area contributed by atoms with Gasteiger partial charge in [0, 0.05) is 0 Å². The highest BCUT2D eigenvalue weighted by atomic mass is 15.4. The number of hydrogen-bond acceptors (Lipinski definition) is 4. The lowest BCUT2D eigenvalue weighted by atomic mass is 10.4. The lowest BCUT2D eigenvalue weighted by Gasteiger charge is -1.77. The van der Waals surface area contributed by atoms with Gasteiger partial charge in [0.2, 0.25) is 0 Å². The quantitative estimate of drug-likeness (QED) is 0.546. The molecule has 0 aliphatic carbocycles. The summed E-state index contributed by atoms with van der Waals surface area (Å²) in [5, 5.41) is 19.3. The number of nitrogens with one attached hydrogen (secondary N) is 2. The van der Waals surface area contributed by atoms with Crippen molar-refractivity contribution in [2.24, 2.45) is 0 Å². The highest BCUT2D eigenvalue weighted by molar-refractivity contribution is 5.48. The van der Waals surface area contributed by atoms with E-state index >= 15 is 0 Å². The maximum Gasteiger partial charge on any atom is 0.144 e. The van der Waals surface area contributed by atoms with Crippen LogP contribution in [0.5, 0.6) is 0 Å². The summed E-state index contributed by atoms with van der Waals surface area (Å²) in [4.78, 5) is 0. The van der Waals surface area contributed by atoms with Gasteiger partial charge in [0.25, 0.3) is 0 Å². The summed E-state index contributed by atoms with van der Waals surface area (Å²) in [5.41, 5.74) is 1.20. The van der Waals surface area contributed by atoms with Crippen molar-refractivity contribution in [1.29, 1.82) is 0 Å². The van der Waals surface area contributed by atoms with Gasteiger partial charge >= 0.3 is 0 Å². The summed E-state index contributed by atoms with van der Waals surface area (Å²) < 4.78 is 0. The molecule has 0 aliphatic rings. The fraction of sp³-hybridized carbons (Fsp3) is 0. The second-order valence-corrected chi connectivity index (χ2v) is 1.64. The molecule has 1 radical (unpaired) electrons. The zero-order chi connectivity index (χ0) is 6.81. The molecule has 0 amide bonds. The van der Waals surface area contributed by atoms with Gasteiger partial charge in [-0.2, -0.15) is 0 Å². The van der Waals surface area contributed by atoms with Gasteiger partial charge in [-0.15, -0.1) is 10.2 Å². The molecule has 2 N–H and O–H groups in total. The minimum absolute atomic E-state index is 0.564. The number of nitrogens with zero attached hydrogens (tertiary/aromatic N) is 4. The van der Waals surface area contributed by atoms with E-state index in [-0.39, 0.29) is 0 Å². The first-order chi connectivity index (χ1) is 4.97. The number of rotatable bonds is 1. The number of aromatic amines is 2. The Morgan fingerprint density at radius 2 is 2.30 bits per heavy atom. The van der Waals surface area contributed by atoms with Crippen molar-refractivity contribution >= 4 is 0 Å². The first-order valence-corrected chi connectivity index (χ1v) is 2.62. The molecule has 10 heavy (non-hydrogen) atoms. The van der Waals surface area contributed by atoms with Gasteiger partial charge in [-0.05, 0) is 0 Å². The molecule has 2 rings (SSSR count). The molecule has 0 aliphatic heterocycles. The van der Waals surface area contributed by atoms with E-state index in [2.05, 4.69) is 37.0 Å². The summed E-state index contributed by atoms with van der Waals surface area (Å²) in [6.07, 6.45) is 4.29. The van der Waals surface area contributed by atoms with Crippen LogP contribution in [0.4, 0.5) is 0 Å². The first kappa shape index (κ1) is 5.10. The van der Waals surface area contributed by atoms with Gasteiger partial charge in [-0.3, -0.25) is 10.2 Å². The van der Waals surface area contributed by atoms with Crippen molar-refractivity contribution in [3.63, 3.8) is 0 Å². The standard InChI is InChI=1S/C4H3N6/c1-3(7-9-5-1)4-2-6-10-8-4/h1H,(H,5,7,9)(H,6,8,10). The molecule has 2 aromatic rings. The predicted molar refractivity (Wildman–Crippen MR) is 30.6 cm³/mol. The normalized spacial score (nSPS) is 10.0. The molecule has 0 spiro atoms. The lowest BCUT2D eigenvalue weighted by molar-refractivity contribution is 0.929. The predicted octanol–water partition coefficient (Wildman–Crippen LogP) is -0.610. The summed E-state index contributed by atoms with van der Waals surface area (Å²) in [7, 11) is 0. The zero-order valence-electron chi connectivity index (χ0n) is 4.87. The van der Waals surface area contributed by atoms with E-state index in [4.69, 9.17) is 0 Å². The fourth-order valence-electron chi connectivity index (χ4n) is 0.611. The number of hydrogen-bond donors (Lipinski definition) is 2. The molecule has 2 heterocycles. The molecular weight excluding hydrogens is 132 g/mol. The molecule has 0 aromatic carbocycles. The summed E-state index contributed by atoms with van der Waals surface area (Å²) >= 11 is 0. The van der Waals surface area contributed by atoms with Gasteiger partial charge in [-0.1, -0.05) is 10.4 Å².